The Balaban J connectivity index is 3.06. The van der Waals surface area contributed by atoms with Gasteiger partial charge >= 0.3 is 0 Å². The van der Waals surface area contributed by atoms with E-state index < -0.39 is 26.6 Å². The molecule has 1 atom stereocenters. The Hall–Kier alpha value is -1.09. The van der Waals surface area contributed by atoms with Crippen molar-refractivity contribution in [3.8, 4) is 0 Å². The van der Waals surface area contributed by atoms with Gasteiger partial charge in [0.2, 0.25) is 10.0 Å². The minimum atomic E-state index is -4.14. The molecule has 0 saturated carbocycles. The Labute approximate surface area is 123 Å². The van der Waals surface area contributed by atoms with Crippen LogP contribution in [0.4, 0.5) is 8.78 Å². The normalized spacial score (nSPS) is 13.4. The largest absolute Gasteiger partial charge is 0.380 e. The van der Waals surface area contributed by atoms with Crippen LogP contribution in [0.15, 0.2) is 17.0 Å². The number of rotatable bonds is 8. The maximum atomic E-state index is 13.8. The molecule has 0 radical (unpaired) electrons. The monoisotopic (exact) mass is 322 g/mol. The Bertz CT molecular complexity index is 579. The van der Waals surface area contributed by atoms with Gasteiger partial charge in [0.15, 0.2) is 11.6 Å². The molecule has 120 valence electrons. The van der Waals surface area contributed by atoms with E-state index in [1.165, 1.54) is 7.11 Å². The zero-order valence-electron chi connectivity index (χ0n) is 12.2. The number of benzene rings is 1. The molecule has 0 aromatic heterocycles. The van der Waals surface area contributed by atoms with Crippen LogP contribution >= 0.6 is 0 Å². The molecule has 1 aromatic carbocycles. The molecule has 0 spiro atoms. The van der Waals surface area contributed by atoms with Gasteiger partial charge in [0.25, 0.3) is 0 Å². The summed E-state index contributed by atoms with van der Waals surface area (Å²) in [6, 6.07) is 2.11. The lowest BCUT2D eigenvalue weighted by atomic mass is 10.2. The Morgan fingerprint density at radius 1 is 1.33 bits per heavy atom. The molecule has 0 aliphatic rings. The second-order valence-corrected chi connectivity index (χ2v) is 6.30. The summed E-state index contributed by atoms with van der Waals surface area (Å²) in [5.41, 5.74) is 0.357. The molecule has 8 heteroatoms. The molecule has 0 bridgehead atoms. The average Bonchev–Trinajstić information content (AvgIpc) is 2.45. The highest BCUT2D eigenvalue weighted by Crippen LogP contribution is 2.20. The van der Waals surface area contributed by atoms with E-state index in [1.54, 1.807) is 6.92 Å². The highest BCUT2D eigenvalue weighted by molar-refractivity contribution is 7.89. The Morgan fingerprint density at radius 2 is 2.00 bits per heavy atom. The number of sulfonamides is 1. The van der Waals surface area contributed by atoms with Crippen molar-refractivity contribution in [3.63, 3.8) is 0 Å². The first-order valence-electron chi connectivity index (χ1n) is 6.53. The Kier molecular flexibility index (Phi) is 6.66. The minimum absolute atomic E-state index is 0.0304. The molecule has 0 fully saturated rings. The topological polar surface area (TPSA) is 67.4 Å². The number of nitrogens with one attached hydrogen (secondary N) is 2. The molecule has 0 aliphatic heterocycles. The third-order valence-electron chi connectivity index (χ3n) is 2.89. The van der Waals surface area contributed by atoms with Crippen LogP contribution in [0.1, 0.15) is 19.4 Å². The van der Waals surface area contributed by atoms with Crippen LogP contribution in [0.5, 0.6) is 0 Å². The first-order chi connectivity index (χ1) is 9.81. The molecule has 0 amide bonds. The highest BCUT2D eigenvalue weighted by atomic mass is 32.2. The average molecular weight is 322 g/mol. The maximum Gasteiger partial charge on any atom is 0.243 e. The van der Waals surface area contributed by atoms with Crippen molar-refractivity contribution in [1.82, 2.24) is 10.0 Å². The van der Waals surface area contributed by atoms with Gasteiger partial charge in [-0.05, 0) is 31.2 Å². The van der Waals surface area contributed by atoms with Crippen molar-refractivity contribution < 1.29 is 21.9 Å². The molecule has 21 heavy (non-hydrogen) atoms. The van der Waals surface area contributed by atoms with Crippen LogP contribution in [-0.4, -0.2) is 34.7 Å². The van der Waals surface area contributed by atoms with Gasteiger partial charge in [-0.1, -0.05) is 6.92 Å². The number of methoxy groups -OCH3 is 1. The number of hydrogen-bond donors (Lipinski definition) is 2. The molecule has 1 unspecified atom stereocenters. The standard InChI is InChI=1S/C13H20F2N2O3S/c1-4-16-8-10-5-11(14)13(15)12(6-10)21(18,19)17-7-9(2)20-3/h5-6,9,16-17H,4,7-8H2,1-3H3. The predicted molar refractivity (Wildman–Crippen MR) is 75.4 cm³/mol. The third kappa shape index (κ3) is 4.99. The summed E-state index contributed by atoms with van der Waals surface area (Å²) in [5.74, 6) is -2.57. The fourth-order valence-corrected chi connectivity index (χ4v) is 2.82. The zero-order chi connectivity index (χ0) is 16.0. The van der Waals surface area contributed by atoms with E-state index in [9.17, 15) is 17.2 Å². The summed E-state index contributed by atoms with van der Waals surface area (Å²) in [6.45, 7) is 4.36. The zero-order valence-corrected chi connectivity index (χ0v) is 13.1. The second-order valence-electron chi connectivity index (χ2n) is 4.57. The minimum Gasteiger partial charge on any atom is -0.380 e. The molecule has 1 aromatic rings. The van der Waals surface area contributed by atoms with E-state index in [4.69, 9.17) is 4.74 Å². The van der Waals surface area contributed by atoms with Gasteiger partial charge in [0, 0.05) is 20.2 Å². The fourth-order valence-electron chi connectivity index (χ4n) is 1.57. The SMILES string of the molecule is CCNCc1cc(F)c(F)c(S(=O)(=O)NCC(C)OC)c1. The number of ether oxygens (including phenoxy) is 1. The first kappa shape index (κ1) is 18.0. The van der Waals surface area contributed by atoms with Crippen LogP contribution in [0, 0.1) is 11.6 Å². The van der Waals surface area contributed by atoms with Crippen LogP contribution in [0.3, 0.4) is 0 Å². The van der Waals surface area contributed by atoms with Crippen LogP contribution in [0.25, 0.3) is 0 Å². The van der Waals surface area contributed by atoms with Crippen molar-refractivity contribution in [3.05, 3.63) is 29.3 Å². The van der Waals surface area contributed by atoms with Crippen LogP contribution < -0.4 is 10.0 Å². The summed E-state index contributed by atoms with van der Waals surface area (Å²) in [7, 11) is -2.71. The summed E-state index contributed by atoms with van der Waals surface area (Å²) < 4.78 is 58.5. The molecular weight excluding hydrogens is 302 g/mol. The summed E-state index contributed by atoms with van der Waals surface area (Å²) in [5, 5.41) is 2.92. The number of hydrogen-bond acceptors (Lipinski definition) is 4. The molecule has 2 N–H and O–H groups in total. The Morgan fingerprint density at radius 3 is 2.57 bits per heavy atom. The predicted octanol–water partition coefficient (Wildman–Crippen LogP) is 1.39. The lowest BCUT2D eigenvalue weighted by molar-refractivity contribution is 0.122. The molecule has 0 heterocycles. The van der Waals surface area contributed by atoms with E-state index in [1.807, 2.05) is 6.92 Å². The van der Waals surface area contributed by atoms with Crippen LogP contribution in [-0.2, 0) is 21.3 Å². The van der Waals surface area contributed by atoms with Crippen LogP contribution in [0.2, 0.25) is 0 Å². The van der Waals surface area contributed by atoms with E-state index >= 15 is 0 Å². The van der Waals surface area contributed by atoms with Gasteiger partial charge in [0.1, 0.15) is 4.90 Å². The molecular formula is C13H20F2N2O3S. The van der Waals surface area contributed by atoms with Crippen molar-refractivity contribution in [2.75, 3.05) is 20.2 Å². The first-order valence-corrected chi connectivity index (χ1v) is 8.01. The van der Waals surface area contributed by atoms with Gasteiger partial charge in [-0.15, -0.1) is 0 Å². The van der Waals surface area contributed by atoms with E-state index in [0.717, 1.165) is 12.1 Å². The van der Waals surface area contributed by atoms with E-state index in [0.29, 0.717) is 12.1 Å². The lowest BCUT2D eigenvalue weighted by Crippen LogP contribution is -2.32. The summed E-state index contributed by atoms with van der Waals surface area (Å²) in [4.78, 5) is -0.696. The van der Waals surface area contributed by atoms with Crippen molar-refractivity contribution in [1.29, 1.82) is 0 Å². The van der Waals surface area contributed by atoms with E-state index in [-0.39, 0.29) is 19.2 Å². The van der Waals surface area contributed by atoms with Gasteiger partial charge < -0.3 is 10.1 Å². The lowest BCUT2D eigenvalue weighted by Gasteiger charge is -2.13. The van der Waals surface area contributed by atoms with Gasteiger partial charge in [0.05, 0.1) is 6.10 Å². The van der Waals surface area contributed by atoms with Crippen molar-refractivity contribution >= 4 is 10.0 Å². The molecule has 5 nitrogen and oxygen atoms in total. The molecule has 0 saturated heterocycles. The summed E-state index contributed by atoms with van der Waals surface area (Å²) in [6.07, 6.45) is -0.377. The third-order valence-corrected chi connectivity index (χ3v) is 4.31. The quantitative estimate of drug-likeness (QED) is 0.759. The summed E-state index contributed by atoms with van der Waals surface area (Å²) >= 11 is 0. The fraction of sp³-hybridized carbons (Fsp3) is 0.538. The van der Waals surface area contributed by atoms with Gasteiger partial charge in [-0.25, -0.2) is 21.9 Å². The van der Waals surface area contributed by atoms with Crippen molar-refractivity contribution in [2.24, 2.45) is 0 Å². The maximum absolute atomic E-state index is 13.8. The number of halogens is 2. The molecule has 0 aliphatic carbocycles. The van der Waals surface area contributed by atoms with Crippen molar-refractivity contribution in [2.45, 2.75) is 31.4 Å². The van der Waals surface area contributed by atoms with E-state index in [2.05, 4.69) is 10.0 Å². The van der Waals surface area contributed by atoms with Gasteiger partial charge in [-0.3, -0.25) is 0 Å². The second kappa shape index (κ2) is 7.79. The molecule has 1 rings (SSSR count). The highest BCUT2D eigenvalue weighted by Gasteiger charge is 2.23. The smallest absolute Gasteiger partial charge is 0.243 e. The van der Waals surface area contributed by atoms with Gasteiger partial charge in [-0.2, -0.15) is 0 Å².